The van der Waals surface area contributed by atoms with Crippen molar-refractivity contribution < 1.29 is 13.2 Å². The van der Waals surface area contributed by atoms with Gasteiger partial charge in [0.2, 0.25) is 0 Å². The fraction of sp³-hybridized carbons (Fsp3) is 0.600. The van der Waals surface area contributed by atoms with Gasteiger partial charge in [-0.3, -0.25) is 0 Å². The first-order valence-corrected chi connectivity index (χ1v) is 8.11. The highest BCUT2D eigenvalue weighted by molar-refractivity contribution is 8.00. The van der Waals surface area contributed by atoms with Gasteiger partial charge in [0, 0.05) is 18.8 Å². The van der Waals surface area contributed by atoms with Gasteiger partial charge in [0.25, 0.3) is 0 Å². The van der Waals surface area contributed by atoms with Crippen LogP contribution in [0.1, 0.15) is 18.9 Å². The SMILES string of the molecule is CC1(c2ccccc2)CN(CCSC(F)(F)F)CCCN1. The minimum atomic E-state index is -4.13. The van der Waals surface area contributed by atoms with E-state index in [0.29, 0.717) is 6.54 Å². The molecular weight excluding hydrogens is 297 g/mol. The third-order valence-corrected chi connectivity index (χ3v) is 4.50. The number of thioether (sulfide) groups is 1. The van der Waals surface area contributed by atoms with Crippen LogP contribution in [0.3, 0.4) is 0 Å². The van der Waals surface area contributed by atoms with Gasteiger partial charge in [0.05, 0.1) is 5.54 Å². The zero-order chi connectivity index (χ0) is 15.3. The van der Waals surface area contributed by atoms with Crippen LogP contribution in [0, 0.1) is 0 Å². The highest BCUT2D eigenvalue weighted by Crippen LogP contribution is 2.30. The highest BCUT2D eigenvalue weighted by atomic mass is 32.2. The van der Waals surface area contributed by atoms with Gasteiger partial charge in [-0.2, -0.15) is 13.2 Å². The summed E-state index contributed by atoms with van der Waals surface area (Å²) in [5.74, 6) is 0.0916. The number of alkyl halides is 3. The van der Waals surface area contributed by atoms with E-state index in [9.17, 15) is 13.2 Å². The summed E-state index contributed by atoms with van der Waals surface area (Å²) in [5.41, 5.74) is -3.16. The van der Waals surface area contributed by atoms with Crippen molar-refractivity contribution in [3.63, 3.8) is 0 Å². The van der Waals surface area contributed by atoms with Gasteiger partial charge in [-0.25, -0.2) is 0 Å². The molecule has 1 atom stereocenters. The molecule has 0 spiro atoms. The van der Waals surface area contributed by atoms with Crippen molar-refractivity contribution in [1.29, 1.82) is 0 Å². The maximum atomic E-state index is 12.2. The smallest absolute Gasteiger partial charge is 0.307 e. The van der Waals surface area contributed by atoms with Crippen LogP contribution in [0.2, 0.25) is 0 Å². The highest BCUT2D eigenvalue weighted by Gasteiger charge is 2.32. The quantitative estimate of drug-likeness (QED) is 0.915. The maximum Gasteiger partial charge on any atom is 0.441 e. The molecule has 0 aromatic heterocycles. The lowest BCUT2D eigenvalue weighted by atomic mass is 9.91. The molecule has 21 heavy (non-hydrogen) atoms. The number of hydrogen-bond donors (Lipinski definition) is 1. The molecule has 1 heterocycles. The number of halogens is 3. The van der Waals surface area contributed by atoms with Gasteiger partial charge in [-0.15, -0.1) is 0 Å². The minimum absolute atomic E-state index is 0.0679. The Morgan fingerprint density at radius 1 is 1.29 bits per heavy atom. The first kappa shape index (κ1) is 16.6. The Morgan fingerprint density at radius 2 is 2.00 bits per heavy atom. The molecule has 1 aliphatic rings. The van der Waals surface area contributed by atoms with Crippen molar-refractivity contribution >= 4 is 11.8 Å². The average molecular weight is 318 g/mol. The van der Waals surface area contributed by atoms with Gasteiger partial charge in [-0.1, -0.05) is 30.3 Å². The summed E-state index contributed by atoms with van der Waals surface area (Å²) in [6, 6.07) is 10.1. The first-order valence-electron chi connectivity index (χ1n) is 7.13. The predicted octanol–water partition coefficient (Wildman–Crippen LogP) is 3.45. The first-order chi connectivity index (χ1) is 9.89. The molecule has 2 rings (SSSR count). The molecule has 1 unspecified atom stereocenters. The largest absolute Gasteiger partial charge is 0.441 e. The fourth-order valence-corrected chi connectivity index (χ4v) is 3.31. The van der Waals surface area contributed by atoms with E-state index in [1.54, 1.807) is 0 Å². The van der Waals surface area contributed by atoms with Crippen molar-refractivity contribution in [2.75, 3.05) is 31.9 Å². The monoisotopic (exact) mass is 318 g/mol. The molecule has 0 amide bonds. The number of nitrogens with zero attached hydrogens (tertiary/aromatic N) is 1. The lowest BCUT2D eigenvalue weighted by Gasteiger charge is -2.34. The molecule has 118 valence electrons. The van der Waals surface area contributed by atoms with Crippen molar-refractivity contribution in [3.8, 4) is 0 Å². The zero-order valence-electron chi connectivity index (χ0n) is 12.1. The van der Waals surface area contributed by atoms with Gasteiger partial charge in [-0.05, 0) is 43.8 Å². The lowest BCUT2D eigenvalue weighted by Crippen LogP contribution is -2.46. The van der Waals surface area contributed by atoms with Crippen LogP contribution in [0.4, 0.5) is 13.2 Å². The van der Waals surface area contributed by atoms with E-state index in [-0.39, 0.29) is 23.1 Å². The van der Waals surface area contributed by atoms with Gasteiger partial charge < -0.3 is 10.2 Å². The molecule has 1 aromatic carbocycles. The van der Waals surface area contributed by atoms with E-state index in [0.717, 1.165) is 26.1 Å². The molecule has 0 aliphatic carbocycles. The summed E-state index contributed by atoms with van der Waals surface area (Å²) in [7, 11) is 0. The van der Waals surface area contributed by atoms with Crippen LogP contribution in [0.5, 0.6) is 0 Å². The number of rotatable bonds is 4. The van der Waals surface area contributed by atoms with Crippen LogP contribution in [-0.2, 0) is 5.54 Å². The van der Waals surface area contributed by atoms with Crippen LogP contribution < -0.4 is 5.32 Å². The molecule has 0 radical (unpaired) electrons. The second kappa shape index (κ2) is 7.03. The van der Waals surface area contributed by atoms with Crippen molar-refractivity contribution in [2.24, 2.45) is 0 Å². The number of benzene rings is 1. The van der Waals surface area contributed by atoms with Crippen LogP contribution in [-0.4, -0.2) is 42.3 Å². The third kappa shape index (κ3) is 5.20. The lowest BCUT2D eigenvalue weighted by molar-refractivity contribution is -0.0328. The Kier molecular flexibility index (Phi) is 5.57. The van der Waals surface area contributed by atoms with Gasteiger partial charge >= 0.3 is 5.51 Å². The normalized spacial score (nSPS) is 24.8. The molecule has 2 nitrogen and oxygen atoms in total. The summed E-state index contributed by atoms with van der Waals surface area (Å²) < 4.78 is 36.7. The average Bonchev–Trinajstić information content (AvgIpc) is 2.61. The molecule has 1 aliphatic heterocycles. The predicted molar refractivity (Wildman–Crippen MR) is 81.4 cm³/mol. The fourth-order valence-electron chi connectivity index (χ4n) is 2.73. The second-order valence-corrected chi connectivity index (χ2v) is 6.71. The Hall–Kier alpha value is -0.720. The number of hydrogen-bond acceptors (Lipinski definition) is 3. The van der Waals surface area contributed by atoms with Crippen LogP contribution in [0.25, 0.3) is 0 Å². The van der Waals surface area contributed by atoms with Gasteiger partial charge in [0.1, 0.15) is 0 Å². The third-order valence-electron chi connectivity index (χ3n) is 3.79. The van der Waals surface area contributed by atoms with E-state index < -0.39 is 5.51 Å². The minimum Gasteiger partial charge on any atom is -0.307 e. The van der Waals surface area contributed by atoms with E-state index in [1.165, 1.54) is 5.56 Å². The van der Waals surface area contributed by atoms with Gasteiger partial charge in [0.15, 0.2) is 0 Å². The summed E-state index contributed by atoms with van der Waals surface area (Å²) in [4.78, 5) is 2.13. The van der Waals surface area contributed by atoms with Crippen LogP contribution >= 0.6 is 11.8 Å². The van der Waals surface area contributed by atoms with Crippen LogP contribution in [0.15, 0.2) is 30.3 Å². The summed E-state index contributed by atoms with van der Waals surface area (Å²) >= 11 is 0.0679. The summed E-state index contributed by atoms with van der Waals surface area (Å²) in [5, 5.41) is 3.54. The summed E-state index contributed by atoms with van der Waals surface area (Å²) in [6.45, 7) is 5.05. The standard InChI is InChI=1S/C15H21F3N2S/c1-14(13-6-3-2-4-7-13)12-20(9-5-8-19-14)10-11-21-15(16,17)18/h2-4,6-7,19H,5,8-12H2,1H3. The zero-order valence-corrected chi connectivity index (χ0v) is 12.9. The Morgan fingerprint density at radius 3 is 2.67 bits per heavy atom. The Bertz CT molecular complexity index is 438. The molecule has 1 fully saturated rings. The molecule has 1 aromatic rings. The Labute approximate surface area is 128 Å². The maximum absolute atomic E-state index is 12.2. The number of nitrogens with one attached hydrogen (secondary N) is 1. The van der Waals surface area contributed by atoms with Crippen molar-refractivity contribution in [3.05, 3.63) is 35.9 Å². The molecule has 6 heteroatoms. The van der Waals surface area contributed by atoms with E-state index in [2.05, 4.69) is 29.3 Å². The molecule has 1 N–H and O–H groups in total. The summed E-state index contributed by atoms with van der Waals surface area (Å²) in [6.07, 6.45) is 0.957. The van der Waals surface area contributed by atoms with E-state index >= 15 is 0 Å². The topological polar surface area (TPSA) is 15.3 Å². The molecule has 0 bridgehead atoms. The van der Waals surface area contributed by atoms with Crippen molar-refractivity contribution in [2.45, 2.75) is 24.4 Å². The van der Waals surface area contributed by atoms with E-state index in [4.69, 9.17) is 0 Å². The molecule has 1 saturated heterocycles. The molecule has 0 saturated carbocycles. The Balaban J connectivity index is 1.98. The molecular formula is C15H21F3N2S. The van der Waals surface area contributed by atoms with E-state index in [1.807, 2.05) is 18.2 Å². The second-order valence-electron chi connectivity index (χ2n) is 5.55. The van der Waals surface area contributed by atoms with Crippen molar-refractivity contribution in [1.82, 2.24) is 10.2 Å².